The summed E-state index contributed by atoms with van der Waals surface area (Å²) in [5.41, 5.74) is -0.417. The van der Waals surface area contributed by atoms with Gasteiger partial charge in [0.05, 0.1) is 5.41 Å². The summed E-state index contributed by atoms with van der Waals surface area (Å²) in [5.74, 6) is 1.35. The second kappa shape index (κ2) is 5.20. The molecule has 1 rings (SSSR count). The zero-order chi connectivity index (χ0) is 12.3. The van der Waals surface area contributed by atoms with Gasteiger partial charge in [0.1, 0.15) is 0 Å². The van der Waals surface area contributed by atoms with Gasteiger partial charge in [-0.15, -0.1) is 0 Å². The van der Waals surface area contributed by atoms with Gasteiger partial charge in [-0.25, -0.2) is 0 Å². The molecule has 16 heavy (non-hydrogen) atoms. The van der Waals surface area contributed by atoms with Crippen LogP contribution in [0.2, 0.25) is 0 Å². The minimum absolute atomic E-state index is 0.417. The lowest BCUT2D eigenvalue weighted by molar-refractivity contribution is -0.153. The Bertz CT molecular complexity index is 235. The summed E-state index contributed by atoms with van der Waals surface area (Å²) in [5, 5.41) is 9.46. The molecular formula is C14H26O2. The van der Waals surface area contributed by atoms with Crippen molar-refractivity contribution in [3.05, 3.63) is 0 Å². The van der Waals surface area contributed by atoms with Crippen molar-refractivity contribution in [3.63, 3.8) is 0 Å². The zero-order valence-corrected chi connectivity index (χ0v) is 11.1. The van der Waals surface area contributed by atoms with Crippen molar-refractivity contribution in [1.82, 2.24) is 0 Å². The highest BCUT2D eigenvalue weighted by molar-refractivity contribution is 5.74. The van der Waals surface area contributed by atoms with Crippen LogP contribution in [-0.2, 0) is 4.79 Å². The molecule has 2 nitrogen and oxygen atoms in total. The van der Waals surface area contributed by atoms with E-state index in [1.165, 1.54) is 0 Å². The summed E-state index contributed by atoms with van der Waals surface area (Å²) >= 11 is 0. The van der Waals surface area contributed by atoms with E-state index in [0.29, 0.717) is 11.8 Å². The average Bonchev–Trinajstić information content (AvgIpc) is 2.17. The highest BCUT2D eigenvalue weighted by atomic mass is 16.4. The lowest BCUT2D eigenvalue weighted by Gasteiger charge is -2.39. The average molecular weight is 226 g/mol. The quantitative estimate of drug-likeness (QED) is 0.788. The number of rotatable bonds is 4. The van der Waals surface area contributed by atoms with Gasteiger partial charge < -0.3 is 5.11 Å². The van der Waals surface area contributed by atoms with E-state index in [1.807, 2.05) is 0 Å². The van der Waals surface area contributed by atoms with Crippen LogP contribution in [0, 0.1) is 23.2 Å². The van der Waals surface area contributed by atoms with Gasteiger partial charge in [0.25, 0.3) is 0 Å². The van der Waals surface area contributed by atoms with E-state index in [4.69, 9.17) is 0 Å². The number of hydrogen-bond donors (Lipinski definition) is 1. The molecule has 0 aromatic heterocycles. The Labute approximate surface area is 99.4 Å². The number of aliphatic carboxylic acids is 1. The van der Waals surface area contributed by atoms with E-state index in [0.717, 1.165) is 38.0 Å². The molecule has 1 aliphatic carbocycles. The van der Waals surface area contributed by atoms with Gasteiger partial charge in [-0.05, 0) is 49.9 Å². The molecule has 0 bridgehead atoms. The minimum atomic E-state index is -0.566. The maximum Gasteiger partial charge on any atom is 0.309 e. The molecule has 0 heterocycles. The molecule has 1 saturated carbocycles. The third kappa shape index (κ3) is 2.99. The van der Waals surface area contributed by atoms with Crippen LogP contribution in [0.15, 0.2) is 0 Å². The monoisotopic (exact) mass is 226 g/mol. The maximum atomic E-state index is 11.5. The second-order valence-corrected chi connectivity index (χ2v) is 6.26. The van der Waals surface area contributed by atoms with E-state index < -0.39 is 11.4 Å². The van der Waals surface area contributed by atoms with Crippen molar-refractivity contribution in [2.75, 3.05) is 0 Å². The molecule has 1 fully saturated rings. The lowest BCUT2D eigenvalue weighted by atomic mass is 9.65. The minimum Gasteiger partial charge on any atom is -0.481 e. The first-order valence-corrected chi connectivity index (χ1v) is 6.61. The number of carboxylic acid groups (broad SMARTS) is 1. The molecule has 0 aromatic carbocycles. The van der Waals surface area contributed by atoms with E-state index in [-0.39, 0.29) is 0 Å². The molecule has 1 N–H and O–H groups in total. The fraction of sp³-hybridized carbons (Fsp3) is 0.929. The molecule has 0 aromatic rings. The van der Waals surface area contributed by atoms with Gasteiger partial charge >= 0.3 is 5.97 Å². The Morgan fingerprint density at radius 3 is 2.06 bits per heavy atom. The van der Waals surface area contributed by atoms with Crippen LogP contribution in [0.5, 0.6) is 0 Å². The van der Waals surface area contributed by atoms with Crippen LogP contribution in [0.1, 0.15) is 59.8 Å². The van der Waals surface area contributed by atoms with Crippen molar-refractivity contribution in [3.8, 4) is 0 Å². The summed E-state index contributed by atoms with van der Waals surface area (Å²) < 4.78 is 0. The topological polar surface area (TPSA) is 37.3 Å². The number of hydrogen-bond acceptors (Lipinski definition) is 1. The Balaban J connectivity index is 2.66. The predicted molar refractivity (Wildman–Crippen MR) is 66.3 cm³/mol. The van der Waals surface area contributed by atoms with Crippen LogP contribution in [0.25, 0.3) is 0 Å². The van der Waals surface area contributed by atoms with Crippen molar-refractivity contribution in [2.24, 2.45) is 23.2 Å². The summed E-state index contributed by atoms with van der Waals surface area (Å²) in [6.07, 6.45) is 4.78. The third-order valence-electron chi connectivity index (χ3n) is 4.18. The largest absolute Gasteiger partial charge is 0.481 e. The van der Waals surface area contributed by atoms with Crippen LogP contribution in [0.3, 0.4) is 0 Å². The first kappa shape index (κ1) is 13.5. The fourth-order valence-electron chi connectivity index (χ4n) is 3.15. The van der Waals surface area contributed by atoms with Crippen LogP contribution in [-0.4, -0.2) is 11.1 Å². The van der Waals surface area contributed by atoms with E-state index in [9.17, 15) is 9.90 Å². The smallest absolute Gasteiger partial charge is 0.309 e. The molecule has 94 valence electrons. The van der Waals surface area contributed by atoms with Gasteiger partial charge in [-0.2, -0.15) is 0 Å². The molecule has 0 radical (unpaired) electrons. The van der Waals surface area contributed by atoms with E-state index in [1.54, 1.807) is 0 Å². The summed E-state index contributed by atoms with van der Waals surface area (Å²) in [6.45, 7) is 8.75. The van der Waals surface area contributed by atoms with Crippen LogP contribution in [0.4, 0.5) is 0 Å². The lowest BCUT2D eigenvalue weighted by Crippen LogP contribution is -2.37. The van der Waals surface area contributed by atoms with Crippen molar-refractivity contribution >= 4 is 5.97 Å². The van der Waals surface area contributed by atoms with Crippen molar-refractivity contribution < 1.29 is 9.90 Å². The van der Waals surface area contributed by atoms with Crippen molar-refractivity contribution in [2.45, 2.75) is 59.8 Å². The second-order valence-electron chi connectivity index (χ2n) is 6.26. The summed E-state index contributed by atoms with van der Waals surface area (Å²) in [7, 11) is 0. The van der Waals surface area contributed by atoms with Gasteiger partial charge in [0.2, 0.25) is 0 Å². The first-order chi connectivity index (χ1) is 7.37. The molecule has 0 atom stereocenters. The molecule has 2 heteroatoms. The highest BCUT2D eigenvalue weighted by Crippen LogP contribution is 2.45. The highest BCUT2D eigenvalue weighted by Gasteiger charge is 2.42. The zero-order valence-electron chi connectivity index (χ0n) is 11.1. The first-order valence-electron chi connectivity index (χ1n) is 6.61. The Morgan fingerprint density at radius 1 is 1.25 bits per heavy atom. The molecule has 0 saturated heterocycles. The van der Waals surface area contributed by atoms with Crippen molar-refractivity contribution in [1.29, 1.82) is 0 Å². The van der Waals surface area contributed by atoms with Gasteiger partial charge in [-0.3, -0.25) is 4.79 Å². The molecule has 0 aliphatic heterocycles. The molecule has 1 aliphatic rings. The fourth-order valence-corrected chi connectivity index (χ4v) is 3.15. The maximum absolute atomic E-state index is 11.5. The normalized spacial score (nSPS) is 31.0. The Hall–Kier alpha value is -0.530. The molecule has 0 spiro atoms. The Morgan fingerprint density at radius 2 is 1.75 bits per heavy atom. The van der Waals surface area contributed by atoms with Gasteiger partial charge in [0.15, 0.2) is 0 Å². The SMILES string of the molecule is CC(C)CC1(C(=O)O)CCC(C(C)C)CC1. The van der Waals surface area contributed by atoms with Crippen LogP contribution >= 0.6 is 0 Å². The molecular weight excluding hydrogens is 200 g/mol. The van der Waals surface area contributed by atoms with E-state index in [2.05, 4.69) is 27.7 Å². The van der Waals surface area contributed by atoms with Crippen LogP contribution < -0.4 is 0 Å². The predicted octanol–water partition coefficient (Wildman–Crippen LogP) is 3.95. The van der Waals surface area contributed by atoms with Gasteiger partial charge in [-0.1, -0.05) is 27.7 Å². The molecule has 0 amide bonds. The summed E-state index contributed by atoms with van der Waals surface area (Å²) in [4.78, 5) is 11.5. The Kier molecular flexibility index (Phi) is 4.40. The standard InChI is InChI=1S/C14H26O2/c1-10(2)9-14(13(15)16)7-5-12(6-8-14)11(3)4/h10-12H,5-9H2,1-4H3,(H,15,16). The van der Waals surface area contributed by atoms with E-state index >= 15 is 0 Å². The molecule has 0 unspecified atom stereocenters. The number of carbonyl (C=O) groups is 1. The van der Waals surface area contributed by atoms with Gasteiger partial charge in [0, 0.05) is 0 Å². The number of carboxylic acids is 1. The summed E-state index contributed by atoms with van der Waals surface area (Å²) in [6, 6.07) is 0. The third-order valence-corrected chi connectivity index (χ3v) is 4.18.